The van der Waals surface area contributed by atoms with E-state index in [2.05, 4.69) is 5.32 Å². The number of rotatable bonds is 4. The van der Waals surface area contributed by atoms with Gasteiger partial charge in [-0.15, -0.1) is 0 Å². The third kappa shape index (κ3) is 3.47. The summed E-state index contributed by atoms with van der Waals surface area (Å²) in [4.78, 5) is 24.3. The molecule has 0 bridgehead atoms. The molecule has 0 aromatic heterocycles. The Morgan fingerprint density at radius 2 is 2.05 bits per heavy atom. The van der Waals surface area contributed by atoms with Crippen LogP contribution >= 0.6 is 0 Å². The molecule has 2 N–H and O–H groups in total. The quantitative estimate of drug-likeness (QED) is 0.863. The second-order valence-corrected chi connectivity index (χ2v) is 4.66. The number of carboxylic acid groups (broad SMARTS) is 1. The summed E-state index contributed by atoms with van der Waals surface area (Å²) < 4.78 is 0. The Labute approximate surface area is 112 Å². The average Bonchev–Trinajstić information content (AvgIpc) is 2.89. The SMILES string of the molecule is O=C(O)[C@H]1CCCN1C(=O)NCCc1ccccc1. The van der Waals surface area contributed by atoms with Crippen molar-refractivity contribution in [3.05, 3.63) is 35.9 Å². The zero-order valence-electron chi connectivity index (χ0n) is 10.7. The van der Waals surface area contributed by atoms with Crippen LogP contribution in [0, 0.1) is 0 Å². The fourth-order valence-electron chi connectivity index (χ4n) is 2.33. The molecule has 1 aromatic rings. The molecule has 5 heteroatoms. The van der Waals surface area contributed by atoms with E-state index in [1.807, 2.05) is 30.3 Å². The Hall–Kier alpha value is -2.04. The van der Waals surface area contributed by atoms with Crippen molar-refractivity contribution in [1.29, 1.82) is 0 Å². The molecule has 2 amide bonds. The highest BCUT2D eigenvalue weighted by Crippen LogP contribution is 2.17. The van der Waals surface area contributed by atoms with Crippen molar-refractivity contribution in [1.82, 2.24) is 10.2 Å². The summed E-state index contributed by atoms with van der Waals surface area (Å²) in [6.45, 7) is 1.04. The molecule has 5 nitrogen and oxygen atoms in total. The van der Waals surface area contributed by atoms with Crippen LogP contribution < -0.4 is 5.32 Å². The molecule has 2 rings (SSSR count). The summed E-state index contributed by atoms with van der Waals surface area (Å²) in [5.74, 6) is -0.921. The van der Waals surface area contributed by atoms with E-state index in [0.717, 1.165) is 18.4 Å². The van der Waals surface area contributed by atoms with Crippen LogP contribution in [-0.2, 0) is 11.2 Å². The number of hydrogen-bond donors (Lipinski definition) is 2. The normalized spacial score (nSPS) is 18.3. The molecule has 1 aliphatic heterocycles. The maximum atomic E-state index is 11.9. The first-order valence-electron chi connectivity index (χ1n) is 6.49. The lowest BCUT2D eigenvalue weighted by atomic mass is 10.1. The lowest BCUT2D eigenvalue weighted by Crippen LogP contribution is -2.46. The molecule has 102 valence electrons. The molecule has 0 aliphatic carbocycles. The highest BCUT2D eigenvalue weighted by atomic mass is 16.4. The first kappa shape index (κ1) is 13.4. The van der Waals surface area contributed by atoms with Crippen LogP contribution in [0.25, 0.3) is 0 Å². The van der Waals surface area contributed by atoms with E-state index in [0.29, 0.717) is 19.5 Å². The zero-order valence-corrected chi connectivity index (χ0v) is 10.7. The number of carboxylic acids is 1. The largest absolute Gasteiger partial charge is 0.480 e. The Kier molecular flexibility index (Phi) is 4.39. The van der Waals surface area contributed by atoms with Crippen LogP contribution in [0.1, 0.15) is 18.4 Å². The molecule has 1 atom stereocenters. The topological polar surface area (TPSA) is 69.6 Å². The minimum absolute atomic E-state index is 0.277. The molecule has 0 unspecified atom stereocenters. The van der Waals surface area contributed by atoms with Crippen molar-refractivity contribution in [3.63, 3.8) is 0 Å². The number of nitrogens with one attached hydrogen (secondary N) is 1. The maximum absolute atomic E-state index is 11.9. The Balaban J connectivity index is 1.80. The number of urea groups is 1. The van der Waals surface area contributed by atoms with Gasteiger partial charge in [-0.1, -0.05) is 30.3 Å². The van der Waals surface area contributed by atoms with Crippen molar-refractivity contribution in [2.45, 2.75) is 25.3 Å². The lowest BCUT2D eigenvalue weighted by Gasteiger charge is -2.21. The van der Waals surface area contributed by atoms with E-state index < -0.39 is 12.0 Å². The highest BCUT2D eigenvalue weighted by Gasteiger charge is 2.33. The van der Waals surface area contributed by atoms with Crippen LogP contribution in [-0.4, -0.2) is 41.1 Å². The molecule has 0 spiro atoms. The van der Waals surface area contributed by atoms with E-state index in [1.165, 1.54) is 4.90 Å². The third-order valence-corrected chi connectivity index (χ3v) is 3.33. The monoisotopic (exact) mass is 262 g/mol. The summed E-state index contributed by atoms with van der Waals surface area (Å²) in [6.07, 6.45) is 2.04. The highest BCUT2D eigenvalue weighted by molar-refractivity contribution is 5.83. The van der Waals surface area contributed by atoms with Gasteiger partial charge in [0.2, 0.25) is 0 Å². The molecule has 0 radical (unpaired) electrons. The van der Waals surface area contributed by atoms with Gasteiger partial charge in [0.1, 0.15) is 6.04 Å². The molecular weight excluding hydrogens is 244 g/mol. The third-order valence-electron chi connectivity index (χ3n) is 3.33. The first-order chi connectivity index (χ1) is 9.18. The smallest absolute Gasteiger partial charge is 0.326 e. The number of carbonyl (C=O) groups is 2. The van der Waals surface area contributed by atoms with Gasteiger partial charge in [-0.05, 0) is 24.8 Å². The predicted octanol–water partition coefficient (Wildman–Crippen LogP) is 1.49. The maximum Gasteiger partial charge on any atom is 0.326 e. The van der Waals surface area contributed by atoms with Crippen molar-refractivity contribution in [3.8, 4) is 0 Å². The summed E-state index contributed by atoms with van der Waals surface area (Å²) in [6, 6.07) is 8.92. The second-order valence-electron chi connectivity index (χ2n) is 4.66. The van der Waals surface area contributed by atoms with Gasteiger partial charge in [-0.2, -0.15) is 0 Å². The molecule has 1 heterocycles. The molecule has 0 saturated carbocycles. The molecule has 1 aliphatic rings. The first-order valence-corrected chi connectivity index (χ1v) is 6.49. The number of benzene rings is 1. The number of aliphatic carboxylic acids is 1. The van der Waals surface area contributed by atoms with Crippen LogP contribution in [0.2, 0.25) is 0 Å². The molecule has 1 fully saturated rings. The van der Waals surface area contributed by atoms with Crippen molar-refractivity contribution < 1.29 is 14.7 Å². The molecule has 1 saturated heterocycles. The van der Waals surface area contributed by atoms with Crippen LogP contribution in [0.5, 0.6) is 0 Å². The van der Waals surface area contributed by atoms with E-state index in [4.69, 9.17) is 5.11 Å². The number of carbonyl (C=O) groups excluding carboxylic acids is 1. The van der Waals surface area contributed by atoms with E-state index in [1.54, 1.807) is 0 Å². The average molecular weight is 262 g/mol. The minimum atomic E-state index is -0.921. The van der Waals surface area contributed by atoms with Gasteiger partial charge < -0.3 is 15.3 Å². The Morgan fingerprint density at radius 3 is 2.74 bits per heavy atom. The van der Waals surface area contributed by atoms with E-state index in [-0.39, 0.29) is 6.03 Å². The number of nitrogens with zero attached hydrogens (tertiary/aromatic N) is 1. The van der Waals surface area contributed by atoms with Crippen molar-refractivity contribution in [2.24, 2.45) is 0 Å². The fraction of sp³-hybridized carbons (Fsp3) is 0.429. The summed E-state index contributed by atoms with van der Waals surface area (Å²) >= 11 is 0. The van der Waals surface area contributed by atoms with Gasteiger partial charge in [0.25, 0.3) is 0 Å². The molecule has 1 aromatic carbocycles. The van der Waals surface area contributed by atoms with Gasteiger partial charge in [0, 0.05) is 13.1 Å². The number of likely N-dealkylation sites (tertiary alicyclic amines) is 1. The van der Waals surface area contributed by atoms with Crippen LogP contribution in [0.4, 0.5) is 4.79 Å². The summed E-state index contributed by atoms with van der Waals surface area (Å²) in [5.41, 5.74) is 1.15. The van der Waals surface area contributed by atoms with Crippen molar-refractivity contribution >= 4 is 12.0 Å². The van der Waals surface area contributed by atoms with Gasteiger partial charge >= 0.3 is 12.0 Å². The van der Waals surface area contributed by atoms with Crippen LogP contribution in [0.3, 0.4) is 0 Å². The van der Waals surface area contributed by atoms with Gasteiger partial charge in [-0.3, -0.25) is 0 Å². The van der Waals surface area contributed by atoms with Gasteiger partial charge in [0.05, 0.1) is 0 Å². The van der Waals surface area contributed by atoms with Crippen LogP contribution in [0.15, 0.2) is 30.3 Å². The molecule has 19 heavy (non-hydrogen) atoms. The lowest BCUT2D eigenvalue weighted by molar-refractivity contribution is -0.141. The second kappa shape index (κ2) is 6.22. The minimum Gasteiger partial charge on any atom is -0.480 e. The summed E-state index contributed by atoms with van der Waals surface area (Å²) in [5, 5.41) is 11.8. The fourth-order valence-corrected chi connectivity index (χ4v) is 2.33. The van der Waals surface area contributed by atoms with Gasteiger partial charge in [-0.25, -0.2) is 9.59 Å². The van der Waals surface area contributed by atoms with E-state index >= 15 is 0 Å². The Bertz CT molecular complexity index is 447. The van der Waals surface area contributed by atoms with Gasteiger partial charge in [0.15, 0.2) is 0 Å². The number of hydrogen-bond acceptors (Lipinski definition) is 2. The Morgan fingerprint density at radius 1 is 1.32 bits per heavy atom. The standard InChI is InChI=1S/C14H18N2O3/c17-13(18)12-7-4-10-16(12)14(19)15-9-8-11-5-2-1-3-6-11/h1-3,5-6,12H,4,7-10H2,(H,15,19)(H,17,18)/t12-/m1/s1. The zero-order chi connectivity index (χ0) is 13.7. The van der Waals surface area contributed by atoms with E-state index in [9.17, 15) is 9.59 Å². The number of amides is 2. The predicted molar refractivity (Wildman–Crippen MR) is 70.9 cm³/mol. The molecular formula is C14H18N2O3. The summed E-state index contributed by atoms with van der Waals surface area (Å²) in [7, 11) is 0. The van der Waals surface area contributed by atoms with Crippen molar-refractivity contribution in [2.75, 3.05) is 13.1 Å².